The fraction of sp³-hybridized carbons (Fsp3) is 0.318. The highest BCUT2D eigenvalue weighted by Crippen LogP contribution is 2.31. The number of aliphatic hydroxyl groups excluding tert-OH is 1. The zero-order valence-corrected chi connectivity index (χ0v) is 15.3. The van der Waals surface area contributed by atoms with Gasteiger partial charge in [0.2, 0.25) is 0 Å². The molecule has 0 bridgehead atoms. The molecule has 6 heteroatoms. The minimum Gasteiger partial charge on any atom is -0.514 e. The molecule has 1 aliphatic heterocycles. The highest BCUT2D eigenvalue weighted by Gasteiger charge is 2.47. The third-order valence-corrected chi connectivity index (χ3v) is 4.54. The molecule has 0 saturated carbocycles. The summed E-state index contributed by atoms with van der Waals surface area (Å²) in [6.45, 7) is 0.673. The minimum absolute atomic E-state index is 0.107. The molecule has 1 aliphatic rings. The van der Waals surface area contributed by atoms with Crippen molar-refractivity contribution in [3.8, 4) is 6.07 Å². The Bertz CT molecular complexity index is 806. The lowest BCUT2D eigenvalue weighted by Crippen LogP contribution is -2.35. The number of rotatable bonds is 8. The van der Waals surface area contributed by atoms with Gasteiger partial charge in [0.15, 0.2) is 6.17 Å². The maximum absolute atomic E-state index is 15.0. The van der Waals surface area contributed by atoms with E-state index < -0.39 is 24.5 Å². The molecular formula is C22H22FNO4. The Hall–Kier alpha value is -2.72. The first kappa shape index (κ1) is 20.0. The normalized spacial score (nSPS) is 24.8. The first-order valence-corrected chi connectivity index (χ1v) is 9.04. The van der Waals surface area contributed by atoms with Crippen molar-refractivity contribution in [2.24, 2.45) is 0 Å². The minimum atomic E-state index is -1.59. The Morgan fingerprint density at radius 2 is 1.68 bits per heavy atom. The molecule has 3 rings (SSSR count). The van der Waals surface area contributed by atoms with Crippen molar-refractivity contribution >= 4 is 0 Å². The first-order chi connectivity index (χ1) is 13.7. The van der Waals surface area contributed by atoms with Crippen LogP contribution in [0.25, 0.3) is 0 Å². The van der Waals surface area contributed by atoms with Crippen molar-refractivity contribution in [2.45, 2.75) is 37.7 Å². The van der Waals surface area contributed by atoms with E-state index in [0.29, 0.717) is 12.9 Å². The van der Waals surface area contributed by atoms with Gasteiger partial charge < -0.3 is 19.3 Å². The molecule has 1 heterocycles. The lowest BCUT2D eigenvalue weighted by Gasteiger charge is -2.20. The van der Waals surface area contributed by atoms with E-state index >= 15 is 0 Å². The third-order valence-electron chi connectivity index (χ3n) is 4.54. The maximum Gasteiger partial charge on any atom is 0.160 e. The average Bonchev–Trinajstić information content (AvgIpc) is 3.04. The summed E-state index contributed by atoms with van der Waals surface area (Å²) < 4.78 is 32.1. The molecule has 1 N–H and O–H groups in total. The molecule has 1 unspecified atom stereocenters. The van der Waals surface area contributed by atoms with Gasteiger partial charge >= 0.3 is 0 Å². The molecule has 0 aliphatic carbocycles. The molecule has 0 spiro atoms. The van der Waals surface area contributed by atoms with Crippen LogP contribution in [-0.2, 0) is 27.4 Å². The van der Waals surface area contributed by atoms with E-state index in [4.69, 9.17) is 19.5 Å². The van der Waals surface area contributed by atoms with Crippen LogP contribution in [0.5, 0.6) is 0 Å². The standard InChI is InChI=1S/C22H22FNO4/c23-20-21(18(11-24)12-25)28-19(15-26-13-16-7-3-1-4-8-16)22(20)27-14-17-9-5-2-6-10-17/h1-10,12,19-22,25H,13-15H2/b18-12+/t19-,20+,21?,22-/m1/s1. The summed E-state index contributed by atoms with van der Waals surface area (Å²) in [6.07, 6.45) is -3.80. The van der Waals surface area contributed by atoms with Crippen LogP contribution >= 0.6 is 0 Å². The molecular weight excluding hydrogens is 361 g/mol. The maximum atomic E-state index is 15.0. The number of alkyl halides is 1. The van der Waals surface area contributed by atoms with Crippen molar-refractivity contribution in [2.75, 3.05) is 6.61 Å². The van der Waals surface area contributed by atoms with E-state index in [0.717, 1.165) is 11.1 Å². The SMILES string of the molecule is N#C/C(=C\O)C1O[C@H](COCc2ccccc2)[C@@H](OCc2ccccc2)[C@H]1F. The van der Waals surface area contributed by atoms with E-state index in [1.165, 1.54) is 0 Å². The summed E-state index contributed by atoms with van der Waals surface area (Å²) in [4.78, 5) is 0. The number of aliphatic hydroxyl groups is 1. The highest BCUT2D eigenvalue weighted by atomic mass is 19.1. The molecule has 0 amide bonds. The molecule has 28 heavy (non-hydrogen) atoms. The summed E-state index contributed by atoms with van der Waals surface area (Å²) in [5, 5.41) is 18.3. The predicted octanol–water partition coefficient (Wildman–Crippen LogP) is 3.86. The van der Waals surface area contributed by atoms with Gasteiger partial charge in [0, 0.05) is 0 Å². The van der Waals surface area contributed by atoms with Gasteiger partial charge in [-0.05, 0) is 11.1 Å². The van der Waals surface area contributed by atoms with Gasteiger partial charge in [0.05, 0.1) is 31.7 Å². The van der Waals surface area contributed by atoms with Crippen LogP contribution in [0.4, 0.5) is 4.39 Å². The van der Waals surface area contributed by atoms with Crippen LogP contribution in [0, 0.1) is 11.3 Å². The number of hydrogen-bond donors (Lipinski definition) is 1. The second-order valence-electron chi connectivity index (χ2n) is 6.50. The molecule has 146 valence electrons. The quantitative estimate of drug-likeness (QED) is 0.554. The summed E-state index contributed by atoms with van der Waals surface area (Å²) >= 11 is 0. The van der Waals surface area contributed by atoms with Gasteiger partial charge in [-0.25, -0.2) is 4.39 Å². The van der Waals surface area contributed by atoms with Crippen molar-refractivity contribution in [3.63, 3.8) is 0 Å². The van der Waals surface area contributed by atoms with Crippen LogP contribution in [-0.4, -0.2) is 36.2 Å². The number of hydrogen-bond acceptors (Lipinski definition) is 5. The Kier molecular flexibility index (Phi) is 7.15. The summed E-state index contributed by atoms with van der Waals surface area (Å²) in [6, 6.07) is 20.8. The van der Waals surface area contributed by atoms with Crippen LogP contribution < -0.4 is 0 Å². The van der Waals surface area contributed by atoms with Gasteiger partial charge in [0.25, 0.3) is 0 Å². The number of nitriles is 1. The third kappa shape index (κ3) is 4.96. The lowest BCUT2D eigenvalue weighted by molar-refractivity contribution is -0.0706. The van der Waals surface area contributed by atoms with Gasteiger partial charge in [-0.1, -0.05) is 60.7 Å². The Balaban J connectivity index is 1.65. The Morgan fingerprint density at radius 1 is 1.07 bits per heavy atom. The van der Waals surface area contributed by atoms with Crippen LogP contribution in [0.1, 0.15) is 11.1 Å². The topological polar surface area (TPSA) is 71.7 Å². The zero-order chi connectivity index (χ0) is 19.8. The molecule has 5 nitrogen and oxygen atoms in total. The van der Waals surface area contributed by atoms with Crippen LogP contribution in [0.2, 0.25) is 0 Å². The smallest absolute Gasteiger partial charge is 0.160 e. The largest absolute Gasteiger partial charge is 0.514 e. The Morgan fingerprint density at radius 3 is 2.25 bits per heavy atom. The summed E-state index contributed by atoms with van der Waals surface area (Å²) in [5.41, 5.74) is 1.72. The van der Waals surface area contributed by atoms with Gasteiger partial charge in [0.1, 0.15) is 24.4 Å². The van der Waals surface area contributed by atoms with Crippen molar-refractivity contribution in [3.05, 3.63) is 83.6 Å². The molecule has 1 fully saturated rings. The van der Waals surface area contributed by atoms with E-state index in [9.17, 15) is 9.50 Å². The van der Waals surface area contributed by atoms with Crippen molar-refractivity contribution in [1.82, 2.24) is 0 Å². The molecule has 0 radical (unpaired) electrons. The van der Waals surface area contributed by atoms with E-state index in [2.05, 4.69) is 0 Å². The molecule has 4 atom stereocenters. The molecule has 0 aromatic heterocycles. The molecule has 1 saturated heterocycles. The lowest BCUT2D eigenvalue weighted by atomic mass is 10.0. The number of halogens is 1. The summed E-state index contributed by atoms with van der Waals surface area (Å²) in [7, 11) is 0. The van der Waals surface area contributed by atoms with E-state index in [-0.39, 0.29) is 18.8 Å². The van der Waals surface area contributed by atoms with Gasteiger partial charge in [-0.2, -0.15) is 5.26 Å². The molecule has 2 aromatic rings. The number of ether oxygens (including phenoxy) is 3. The fourth-order valence-corrected chi connectivity index (χ4v) is 3.10. The second-order valence-corrected chi connectivity index (χ2v) is 6.50. The van der Waals surface area contributed by atoms with Gasteiger partial charge in [-0.3, -0.25) is 0 Å². The fourth-order valence-electron chi connectivity index (χ4n) is 3.10. The first-order valence-electron chi connectivity index (χ1n) is 9.04. The zero-order valence-electron chi connectivity index (χ0n) is 15.3. The monoisotopic (exact) mass is 383 g/mol. The van der Waals surface area contributed by atoms with E-state index in [1.807, 2.05) is 60.7 Å². The van der Waals surface area contributed by atoms with E-state index in [1.54, 1.807) is 6.07 Å². The van der Waals surface area contributed by atoms with Crippen molar-refractivity contribution < 1.29 is 23.7 Å². The second kappa shape index (κ2) is 10.00. The number of nitrogens with zero attached hydrogens (tertiary/aromatic N) is 1. The average molecular weight is 383 g/mol. The number of benzene rings is 2. The van der Waals surface area contributed by atoms with Crippen LogP contribution in [0.15, 0.2) is 72.5 Å². The van der Waals surface area contributed by atoms with Crippen LogP contribution in [0.3, 0.4) is 0 Å². The molecule has 2 aromatic carbocycles. The Labute approximate surface area is 163 Å². The van der Waals surface area contributed by atoms with Gasteiger partial charge in [-0.15, -0.1) is 0 Å². The van der Waals surface area contributed by atoms with Crippen molar-refractivity contribution in [1.29, 1.82) is 5.26 Å². The highest BCUT2D eigenvalue weighted by molar-refractivity contribution is 5.27. The predicted molar refractivity (Wildman–Crippen MR) is 101 cm³/mol. The summed E-state index contributed by atoms with van der Waals surface area (Å²) in [5.74, 6) is 0.